The van der Waals surface area contributed by atoms with Crippen LogP contribution in [0, 0.1) is 5.92 Å². The van der Waals surface area contributed by atoms with E-state index in [9.17, 15) is 19.2 Å². The summed E-state index contributed by atoms with van der Waals surface area (Å²) >= 11 is 0. The highest BCUT2D eigenvalue weighted by molar-refractivity contribution is 5.94. The molecular weight excluding hydrogens is 368 g/mol. The van der Waals surface area contributed by atoms with Crippen molar-refractivity contribution in [3.05, 3.63) is 0 Å². The van der Waals surface area contributed by atoms with Gasteiger partial charge in [-0.1, -0.05) is 13.8 Å². The molecule has 10 nitrogen and oxygen atoms in total. The number of carbonyl (C=O) groups is 4. The molecule has 10 heteroatoms. The molecule has 0 aromatic rings. The number of aliphatic hydroxyl groups excluding tert-OH is 1. The Balaban J connectivity index is 2.10. The van der Waals surface area contributed by atoms with Crippen LogP contribution in [0.15, 0.2) is 0 Å². The van der Waals surface area contributed by atoms with Crippen LogP contribution in [0.25, 0.3) is 0 Å². The van der Waals surface area contributed by atoms with Crippen LogP contribution in [0.3, 0.4) is 0 Å². The molecule has 0 saturated carbocycles. The Kier molecular flexibility index (Phi) is 7.36. The molecule has 0 aromatic heterocycles. The fraction of sp³-hybridized carbons (Fsp3) is 0.778. The van der Waals surface area contributed by atoms with Crippen LogP contribution in [-0.2, 0) is 19.2 Å². The van der Waals surface area contributed by atoms with E-state index in [1.807, 2.05) is 13.8 Å². The van der Waals surface area contributed by atoms with Crippen LogP contribution in [0.5, 0.6) is 0 Å². The third-order valence-electron chi connectivity index (χ3n) is 5.46. The predicted octanol–water partition coefficient (Wildman–Crippen LogP) is -1.49. The van der Waals surface area contributed by atoms with Crippen molar-refractivity contribution in [1.82, 2.24) is 15.1 Å². The van der Waals surface area contributed by atoms with Gasteiger partial charge in [-0.2, -0.15) is 0 Å². The number of rotatable bonds is 7. The molecule has 0 spiro atoms. The smallest absolute Gasteiger partial charge is 0.328 e. The minimum absolute atomic E-state index is 0.0550. The SMILES string of the molecule is CC(C)C(N)C(=O)N1CCCC1C(=O)N1CCCC1C(=O)NC(CO)C(=O)O. The second-order valence-electron chi connectivity index (χ2n) is 7.73. The van der Waals surface area contributed by atoms with Gasteiger partial charge in [0.1, 0.15) is 18.1 Å². The van der Waals surface area contributed by atoms with Gasteiger partial charge < -0.3 is 31.1 Å². The fourth-order valence-corrected chi connectivity index (χ4v) is 3.71. The zero-order valence-electron chi connectivity index (χ0n) is 16.3. The van der Waals surface area contributed by atoms with E-state index in [2.05, 4.69) is 5.32 Å². The summed E-state index contributed by atoms with van der Waals surface area (Å²) in [6, 6.07) is -3.57. The maximum Gasteiger partial charge on any atom is 0.328 e. The minimum atomic E-state index is -1.42. The number of hydrogen-bond acceptors (Lipinski definition) is 6. The molecular formula is C18H30N4O6. The highest BCUT2D eigenvalue weighted by Gasteiger charge is 2.43. The Morgan fingerprint density at radius 2 is 1.64 bits per heavy atom. The first-order valence-corrected chi connectivity index (χ1v) is 9.69. The van der Waals surface area contributed by atoms with Gasteiger partial charge in [-0.05, 0) is 31.6 Å². The summed E-state index contributed by atoms with van der Waals surface area (Å²) in [6.07, 6.45) is 2.20. The van der Waals surface area contributed by atoms with Crippen molar-refractivity contribution >= 4 is 23.7 Å². The molecule has 0 aliphatic carbocycles. The first kappa shape index (κ1) is 22.1. The first-order chi connectivity index (χ1) is 13.2. The second-order valence-corrected chi connectivity index (χ2v) is 7.73. The number of aliphatic carboxylic acids is 1. The Bertz CT molecular complexity index is 625. The zero-order chi connectivity index (χ0) is 21.0. The Morgan fingerprint density at radius 1 is 1.07 bits per heavy atom. The maximum absolute atomic E-state index is 13.1. The average Bonchev–Trinajstić information content (AvgIpc) is 3.32. The van der Waals surface area contributed by atoms with Crippen LogP contribution >= 0.6 is 0 Å². The molecule has 0 bridgehead atoms. The molecule has 158 valence electrons. The molecule has 2 saturated heterocycles. The van der Waals surface area contributed by atoms with Crippen molar-refractivity contribution in [2.24, 2.45) is 11.7 Å². The number of carboxylic acid groups (broad SMARTS) is 1. The molecule has 2 rings (SSSR count). The molecule has 3 amide bonds. The van der Waals surface area contributed by atoms with E-state index in [0.29, 0.717) is 38.8 Å². The molecule has 4 unspecified atom stereocenters. The molecule has 5 N–H and O–H groups in total. The summed E-state index contributed by atoms with van der Waals surface area (Å²) < 4.78 is 0. The number of carbonyl (C=O) groups excluding carboxylic acids is 3. The Hall–Kier alpha value is -2.20. The van der Waals surface area contributed by atoms with Crippen LogP contribution in [-0.4, -0.2) is 87.6 Å². The van der Waals surface area contributed by atoms with Crippen molar-refractivity contribution < 1.29 is 29.4 Å². The standard InChI is InChI=1S/C18H30N4O6/c1-10(2)14(19)17(26)22-8-4-6-13(22)16(25)21-7-3-5-12(21)15(24)20-11(9-23)18(27)28/h10-14,23H,3-9,19H2,1-2H3,(H,20,24)(H,27,28). The summed E-state index contributed by atoms with van der Waals surface area (Å²) in [5.41, 5.74) is 5.97. The van der Waals surface area contributed by atoms with Gasteiger partial charge in [-0.3, -0.25) is 14.4 Å². The van der Waals surface area contributed by atoms with Crippen molar-refractivity contribution in [1.29, 1.82) is 0 Å². The summed E-state index contributed by atoms with van der Waals surface area (Å²) in [4.78, 5) is 52.2. The van der Waals surface area contributed by atoms with Crippen molar-refractivity contribution in [3.63, 3.8) is 0 Å². The lowest BCUT2D eigenvalue weighted by atomic mass is 10.0. The van der Waals surface area contributed by atoms with Gasteiger partial charge in [0.25, 0.3) is 0 Å². The van der Waals surface area contributed by atoms with Gasteiger partial charge in [0.15, 0.2) is 0 Å². The molecule has 2 aliphatic heterocycles. The zero-order valence-corrected chi connectivity index (χ0v) is 16.3. The van der Waals surface area contributed by atoms with E-state index in [-0.39, 0.29) is 17.7 Å². The van der Waals surface area contributed by atoms with Gasteiger partial charge >= 0.3 is 5.97 Å². The molecule has 4 atom stereocenters. The van der Waals surface area contributed by atoms with Crippen LogP contribution in [0.1, 0.15) is 39.5 Å². The van der Waals surface area contributed by atoms with E-state index < -0.39 is 42.7 Å². The van der Waals surface area contributed by atoms with Crippen molar-refractivity contribution in [2.75, 3.05) is 19.7 Å². The maximum atomic E-state index is 13.1. The van der Waals surface area contributed by atoms with E-state index >= 15 is 0 Å². The molecule has 28 heavy (non-hydrogen) atoms. The summed E-state index contributed by atoms with van der Waals surface area (Å²) in [5, 5.41) is 20.4. The fourth-order valence-electron chi connectivity index (χ4n) is 3.71. The molecule has 2 heterocycles. The first-order valence-electron chi connectivity index (χ1n) is 9.69. The van der Waals surface area contributed by atoms with Gasteiger partial charge in [-0.25, -0.2) is 4.79 Å². The van der Waals surface area contributed by atoms with Crippen LogP contribution in [0.2, 0.25) is 0 Å². The third-order valence-corrected chi connectivity index (χ3v) is 5.46. The molecule has 0 radical (unpaired) electrons. The number of amides is 3. The summed E-state index contributed by atoms with van der Waals surface area (Å²) in [5.74, 6) is -2.59. The summed E-state index contributed by atoms with van der Waals surface area (Å²) in [7, 11) is 0. The number of likely N-dealkylation sites (tertiary alicyclic amines) is 2. The van der Waals surface area contributed by atoms with Gasteiger partial charge in [-0.15, -0.1) is 0 Å². The number of nitrogens with zero attached hydrogens (tertiary/aromatic N) is 2. The Morgan fingerprint density at radius 3 is 2.18 bits per heavy atom. The van der Waals surface area contributed by atoms with Crippen LogP contribution < -0.4 is 11.1 Å². The number of aliphatic hydroxyl groups is 1. The lowest BCUT2D eigenvalue weighted by molar-refractivity contribution is -0.148. The predicted molar refractivity (Wildman–Crippen MR) is 98.9 cm³/mol. The lowest BCUT2D eigenvalue weighted by Crippen LogP contribution is -2.57. The molecule has 0 aromatic carbocycles. The largest absolute Gasteiger partial charge is 0.480 e. The van der Waals surface area contributed by atoms with E-state index in [1.54, 1.807) is 0 Å². The quantitative estimate of drug-likeness (QED) is 0.408. The van der Waals surface area contributed by atoms with Gasteiger partial charge in [0, 0.05) is 13.1 Å². The van der Waals surface area contributed by atoms with Crippen molar-refractivity contribution in [3.8, 4) is 0 Å². The monoisotopic (exact) mass is 398 g/mol. The van der Waals surface area contributed by atoms with E-state index in [0.717, 1.165) is 0 Å². The average molecular weight is 398 g/mol. The Labute approximate surface area is 164 Å². The number of hydrogen-bond donors (Lipinski definition) is 4. The summed E-state index contributed by atoms with van der Waals surface area (Å²) in [6.45, 7) is 3.76. The highest BCUT2D eigenvalue weighted by Crippen LogP contribution is 2.26. The van der Waals surface area contributed by atoms with Crippen molar-refractivity contribution in [2.45, 2.75) is 63.7 Å². The number of nitrogens with one attached hydrogen (secondary N) is 1. The van der Waals surface area contributed by atoms with E-state index in [4.69, 9.17) is 15.9 Å². The highest BCUT2D eigenvalue weighted by atomic mass is 16.4. The van der Waals surface area contributed by atoms with E-state index in [1.165, 1.54) is 9.80 Å². The third kappa shape index (κ3) is 4.61. The topological polar surface area (TPSA) is 153 Å². The lowest BCUT2D eigenvalue weighted by Gasteiger charge is -2.33. The molecule has 2 aliphatic rings. The second kappa shape index (κ2) is 9.33. The number of nitrogens with two attached hydrogens (primary N) is 1. The van der Waals surface area contributed by atoms with Crippen LogP contribution in [0.4, 0.5) is 0 Å². The molecule has 2 fully saturated rings. The minimum Gasteiger partial charge on any atom is -0.480 e. The number of carboxylic acids is 1. The van der Waals surface area contributed by atoms with Gasteiger partial charge in [0.2, 0.25) is 17.7 Å². The normalized spacial score (nSPS) is 24.3. The van der Waals surface area contributed by atoms with Gasteiger partial charge in [0.05, 0.1) is 12.6 Å².